The van der Waals surface area contributed by atoms with Crippen LogP contribution in [0.4, 0.5) is 0 Å². The molecule has 0 aliphatic rings. The Bertz CT molecular complexity index is 317. The third-order valence-electron chi connectivity index (χ3n) is 3.41. The third kappa shape index (κ3) is 4.50. The molecular weight excluding hydrogens is 210 g/mol. The summed E-state index contributed by atoms with van der Waals surface area (Å²) in [5.74, 6) is 0. The SMILES string of the molecule is CCCCCC(Cc1cc(CC)nn1C)NC. The van der Waals surface area contributed by atoms with Crippen LogP contribution < -0.4 is 5.32 Å². The standard InChI is InChI=1S/C14H27N3/c1-5-7-8-9-13(15-3)11-14-10-12(6-2)16-17(14)4/h10,13,15H,5-9,11H2,1-4H3. The molecule has 0 saturated heterocycles. The number of nitrogens with one attached hydrogen (secondary N) is 1. The predicted molar refractivity (Wildman–Crippen MR) is 73.3 cm³/mol. The van der Waals surface area contributed by atoms with Gasteiger partial charge in [0, 0.05) is 25.2 Å². The van der Waals surface area contributed by atoms with Gasteiger partial charge in [-0.3, -0.25) is 4.68 Å². The fraction of sp³-hybridized carbons (Fsp3) is 0.786. The number of nitrogens with zero attached hydrogens (tertiary/aromatic N) is 2. The molecule has 0 fully saturated rings. The van der Waals surface area contributed by atoms with E-state index in [1.807, 2.05) is 11.7 Å². The third-order valence-corrected chi connectivity index (χ3v) is 3.41. The molecule has 1 unspecified atom stereocenters. The Morgan fingerprint density at radius 3 is 2.65 bits per heavy atom. The van der Waals surface area contributed by atoms with Gasteiger partial charge in [0.1, 0.15) is 0 Å². The molecule has 0 spiro atoms. The van der Waals surface area contributed by atoms with Gasteiger partial charge >= 0.3 is 0 Å². The molecule has 0 aromatic carbocycles. The minimum Gasteiger partial charge on any atom is -0.317 e. The smallest absolute Gasteiger partial charge is 0.0624 e. The Morgan fingerprint density at radius 2 is 2.12 bits per heavy atom. The molecule has 1 rings (SSSR count). The zero-order chi connectivity index (χ0) is 12.7. The Balaban J connectivity index is 2.51. The van der Waals surface area contributed by atoms with Gasteiger partial charge in [0.25, 0.3) is 0 Å². The van der Waals surface area contributed by atoms with E-state index in [4.69, 9.17) is 0 Å². The molecule has 1 heterocycles. The van der Waals surface area contributed by atoms with E-state index in [0.29, 0.717) is 6.04 Å². The average molecular weight is 237 g/mol. The first-order chi connectivity index (χ1) is 8.21. The fourth-order valence-electron chi connectivity index (χ4n) is 2.18. The number of likely N-dealkylation sites (N-methyl/N-ethyl adjacent to an activating group) is 1. The topological polar surface area (TPSA) is 29.9 Å². The second kappa shape index (κ2) is 7.49. The summed E-state index contributed by atoms with van der Waals surface area (Å²) in [6, 6.07) is 2.83. The molecule has 0 amide bonds. The van der Waals surface area contributed by atoms with Gasteiger partial charge in [0.05, 0.1) is 5.69 Å². The quantitative estimate of drug-likeness (QED) is 0.705. The lowest BCUT2D eigenvalue weighted by atomic mass is 10.0. The van der Waals surface area contributed by atoms with Gasteiger partial charge in [-0.25, -0.2) is 0 Å². The highest BCUT2D eigenvalue weighted by Gasteiger charge is 2.11. The number of aryl methyl sites for hydroxylation is 2. The highest BCUT2D eigenvalue weighted by atomic mass is 15.3. The minimum atomic E-state index is 0.585. The first kappa shape index (κ1) is 14.2. The van der Waals surface area contributed by atoms with Crippen molar-refractivity contribution in [3.05, 3.63) is 17.5 Å². The maximum absolute atomic E-state index is 4.50. The van der Waals surface area contributed by atoms with Crippen molar-refractivity contribution >= 4 is 0 Å². The van der Waals surface area contributed by atoms with Crippen molar-refractivity contribution in [3.63, 3.8) is 0 Å². The van der Waals surface area contributed by atoms with Gasteiger partial charge in [-0.15, -0.1) is 0 Å². The van der Waals surface area contributed by atoms with Crippen molar-refractivity contribution in [2.75, 3.05) is 7.05 Å². The van der Waals surface area contributed by atoms with Crippen LogP contribution in [-0.4, -0.2) is 22.9 Å². The lowest BCUT2D eigenvalue weighted by Gasteiger charge is -2.15. The maximum Gasteiger partial charge on any atom is 0.0624 e. The fourth-order valence-corrected chi connectivity index (χ4v) is 2.18. The maximum atomic E-state index is 4.50. The number of aromatic nitrogens is 2. The van der Waals surface area contributed by atoms with Crippen LogP contribution in [0.15, 0.2) is 6.07 Å². The van der Waals surface area contributed by atoms with E-state index < -0.39 is 0 Å². The first-order valence-corrected chi connectivity index (χ1v) is 6.90. The van der Waals surface area contributed by atoms with Crippen LogP contribution in [0, 0.1) is 0 Å². The van der Waals surface area contributed by atoms with E-state index in [0.717, 1.165) is 12.8 Å². The average Bonchev–Trinajstić information content (AvgIpc) is 2.69. The van der Waals surface area contributed by atoms with Gasteiger partial charge in [0.15, 0.2) is 0 Å². The van der Waals surface area contributed by atoms with Crippen LogP contribution in [0.5, 0.6) is 0 Å². The van der Waals surface area contributed by atoms with Gasteiger partial charge < -0.3 is 5.32 Å². The van der Waals surface area contributed by atoms with Crippen LogP contribution in [0.1, 0.15) is 50.9 Å². The van der Waals surface area contributed by atoms with Crippen LogP contribution in [0.25, 0.3) is 0 Å². The van der Waals surface area contributed by atoms with Crippen molar-refractivity contribution in [2.45, 2.75) is 58.4 Å². The van der Waals surface area contributed by atoms with E-state index in [-0.39, 0.29) is 0 Å². The second-order valence-corrected chi connectivity index (χ2v) is 4.79. The lowest BCUT2D eigenvalue weighted by molar-refractivity contribution is 0.477. The highest BCUT2D eigenvalue weighted by molar-refractivity contribution is 5.11. The van der Waals surface area contributed by atoms with Gasteiger partial charge in [-0.2, -0.15) is 5.10 Å². The molecule has 1 N–H and O–H groups in total. The molecule has 1 aromatic heterocycles. The summed E-state index contributed by atoms with van der Waals surface area (Å²) in [6.07, 6.45) is 7.32. The molecule has 0 saturated carbocycles. The molecule has 17 heavy (non-hydrogen) atoms. The second-order valence-electron chi connectivity index (χ2n) is 4.79. The zero-order valence-electron chi connectivity index (χ0n) is 11.8. The molecule has 0 bridgehead atoms. The molecule has 0 aliphatic heterocycles. The van der Waals surface area contributed by atoms with Crippen molar-refractivity contribution in [1.29, 1.82) is 0 Å². The molecule has 98 valence electrons. The van der Waals surface area contributed by atoms with Crippen LogP contribution >= 0.6 is 0 Å². The summed E-state index contributed by atoms with van der Waals surface area (Å²) >= 11 is 0. The van der Waals surface area contributed by atoms with Crippen LogP contribution in [0.3, 0.4) is 0 Å². The molecule has 3 heteroatoms. The Labute approximate surface area is 106 Å². The van der Waals surface area contributed by atoms with E-state index in [2.05, 4.69) is 37.4 Å². The van der Waals surface area contributed by atoms with Gasteiger partial charge in [-0.1, -0.05) is 33.1 Å². The Hall–Kier alpha value is -0.830. The van der Waals surface area contributed by atoms with Gasteiger partial charge in [0.2, 0.25) is 0 Å². The summed E-state index contributed by atoms with van der Waals surface area (Å²) in [5.41, 5.74) is 2.55. The van der Waals surface area contributed by atoms with E-state index in [9.17, 15) is 0 Å². The molecule has 0 radical (unpaired) electrons. The normalized spacial score (nSPS) is 12.9. The summed E-state index contributed by atoms with van der Waals surface area (Å²) in [5, 5.41) is 7.92. The highest BCUT2D eigenvalue weighted by Crippen LogP contribution is 2.11. The summed E-state index contributed by atoms with van der Waals surface area (Å²) in [4.78, 5) is 0. The number of rotatable bonds is 8. The Morgan fingerprint density at radius 1 is 1.35 bits per heavy atom. The van der Waals surface area contributed by atoms with Crippen molar-refractivity contribution in [3.8, 4) is 0 Å². The largest absolute Gasteiger partial charge is 0.317 e. The number of hydrogen-bond acceptors (Lipinski definition) is 2. The lowest BCUT2D eigenvalue weighted by Crippen LogP contribution is -2.28. The number of unbranched alkanes of at least 4 members (excludes halogenated alkanes) is 2. The predicted octanol–water partition coefficient (Wildman–Crippen LogP) is 2.69. The van der Waals surface area contributed by atoms with Crippen molar-refractivity contribution in [1.82, 2.24) is 15.1 Å². The van der Waals surface area contributed by atoms with Crippen LogP contribution in [-0.2, 0) is 19.9 Å². The number of hydrogen-bond donors (Lipinski definition) is 1. The molecule has 3 nitrogen and oxygen atoms in total. The van der Waals surface area contributed by atoms with Crippen LogP contribution in [0.2, 0.25) is 0 Å². The summed E-state index contributed by atoms with van der Waals surface area (Å²) in [6.45, 7) is 4.41. The molecular formula is C14H27N3. The summed E-state index contributed by atoms with van der Waals surface area (Å²) in [7, 11) is 4.11. The summed E-state index contributed by atoms with van der Waals surface area (Å²) < 4.78 is 2.03. The van der Waals surface area contributed by atoms with Gasteiger partial charge in [-0.05, 0) is 26.0 Å². The molecule has 1 atom stereocenters. The monoisotopic (exact) mass is 237 g/mol. The zero-order valence-corrected chi connectivity index (χ0v) is 11.8. The molecule has 0 aliphatic carbocycles. The molecule has 1 aromatic rings. The van der Waals surface area contributed by atoms with E-state index in [1.165, 1.54) is 37.1 Å². The Kier molecular flexibility index (Phi) is 6.27. The van der Waals surface area contributed by atoms with E-state index in [1.54, 1.807) is 0 Å². The van der Waals surface area contributed by atoms with E-state index >= 15 is 0 Å². The van der Waals surface area contributed by atoms with Crippen molar-refractivity contribution < 1.29 is 0 Å². The van der Waals surface area contributed by atoms with Crippen molar-refractivity contribution in [2.24, 2.45) is 7.05 Å². The minimum absolute atomic E-state index is 0.585. The first-order valence-electron chi connectivity index (χ1n) is 6.90.